The van der Waals surface area contributed by atoms with Crippen molar-refractivity contribution in [3.05, 3.63) is 41.4 Å². The molecular formula is C23H26N5O6S-. The van der Waals surface area contributed by atoms with Crippen molar-refractivity contribution in [1.82, 2.24) is 25.4 Å². The van der Waals surface area contributed by atoms with Gasteiger partial charge in [-0.05, 0) is 32.4 Å². The van der Waals surface area contributed by atoms with Crippen molar-refractivity contribution >= 4 is 40.6 Å². The Bertz CT molecular complexity index is 1250. The molecule has 186 valence electrons. The van der Waals surface area contributed by atoms with E-state index < -0.39 is 23.7 Å². The number of H-pyrrole nitrogens is 1. The Labute approximate surface area is 205 Å². The van der Waals surface area contributed by atoms with Crippen LogP contribution in [0.3, 0.4) is 0 Å². The van der Waals surface area contributed by atoms with Crippen LogP contribution in [0.2, 0.25) is 0 Å². The van der Waals surface area contributed by atoms with Crippen molar-refractivity contribution in [3.63, 3.8) is 0 Å². The first-order valence-corrected chi connectivity index (χ1v) is 12.1. The van der Waals surface area contributed by atoms with Crippen molar-refractivity contribution in [2.75, 3.05) is 12.3 Å². The summed E-state index contributed by atoms with van der Waals surface area (Å²) in [5.41, 5.74) is 2.02. The maximum absolute atomic E-state index is 12.9. The second-order valence-corrected chi connectivity index (χ2v) is 10.0. The molecule has 1 atom stereocenters. The summed E-state index contributed by atoms with van der Waals surface area (Å²) in [6.07, 6.45) is -0.0738. The van der Waals surface area contributed by atoms with Crippen LogP contribution in [0.25, 0.3) is 10.9 Å². The third kappa shape index (κ3) is 5.94. The zero-order valence-electron chi connectivity index (χ0n) is 19.6. The summed E-state index contributed by atoms with van der Waals surface area (Å²) in [6, 6.07) is 6.57. The van der Waals surface area contributed by atoms with Gasteiger partial charge in [-0.15, -0.1) is 10.2 Å². The zero-order valence-corrected chi connectivity index (χ0v) is 20.4. The van der Waals surface area contributed by atoms with Gasteiger partial charge in [-0.3, -0.25) is 4.79 Å². The third-order valence-electron chi connectivity index (χ3n) is 5.37. The van der Waals surface area contributed by atoms with Gasteiger partial charge in [0.1, 0.15) is 5.60 Å². The molecule has 0 spiro atoms. The number of carboxylic acids is 1. The number of carbonyl (C=O) groups is 3. The largest absolute Gasteiger partial charge is 0.548 e. The van der Waals surface area contributed by atoms with Crippen LogP contribution in [-0.2, 0) is 33.7 Å². The smallest absolute Gasteiger partial charge is 0.407 e. The number of para-hydroxylation sites is 1. The highest BCUT2D eigenvalue weighted by Crippen LogP contribution is 2.31. The number of rotatable bonds is 7. The van der Waals surface area contributed by atoms with Gasteiger partial charge in [0, 0.05) is 36.0 Å². The second-order valence-electron chi connectivity index (χ2n) is 9.12. The number of fused-ring (bicyclic) bond motifs is 3. The predicted octanol–water partition coefficient (Wildman–Crippen LogP) is 1.41. The van der Waals surface area contributed by atoms with E-state index in [1.54, 1.807) is 20.8 Å². The third-order valence-corrected chi connectivity index (χ3v) is 6.17. The molecule has 0 saturated carbocycles. The van der Waals surface area contributed by atoms with Gasteiger partial charge >= 0.3 is 6.09 Å². The monoisotopic (exact) mass is 500 g/mol. The van der Waals surface area contributed by atoms with Gasteiger partial charge in [-0.25, -0.2) is 4.79 Å². The number of benzene rings is 1. The highest BCUT2D eigenvalue weighted by molar-refractivity contribution is 7.99. The molecule has 1 aromatic carbocycles. The molecule has 0 saturated heterocycles. The molecule has 1 aliphatic heterocycles. The zero-order chi connectivity index (χ0) is 25.2. The van der Waals surface area contributed by atoms with Crippen molar-refractivity contribution < 1.29 is 28.6 Å². The minimum Gasteiger partial charge on any atom is -0.548 e. The number of nitrogens with zero attached hydrogens (tertiary/aromatic N) is 3. The van der Waals surface area contributed by atoms with Crippen LogP contribution in [-0.4, -0.2) is 62.0 Å². The molecule has 2 N–H and O–H groups in total. The number of amides is 2. The van der Waals surface area contributed by atoms with Crippen LogP contribution in [0.15, 0.2) is 33.9 Å². The topological polar surface area (TPSA) is 153 Å². The van der Waals surface area contributed by atoms with Crippen LogP contribution >= 0.6 is 11.8 Å². The normalized spacial score (nSPS) is 15.6. The fourth-order valence-corrected chi connectivity index (χ4v) is 4.54. The molecule has 2 amide bonds. The Morgan fingerprint density at radius 3 is 2.80 bits per heavy atom. The molecule has 0 fully saturated rings. The summed E-state index contributed by atoms with van der Waals surface area (Å²) in [4.78, 5) is 41.0. The van der Waals surface area contributed by atoms with Crippen LogP contribution < -0.4 is 10.4 Å². The van der Waals surface area contributed by atoms with Gasteiger partial charge in [-0.1, -0.05) is 30.0 Å². The minimum absolute atomic E-state index is 0.0723. The molecular weight excluding hydrogens is 474 g/mol. The number of nitrogens with one attached hydrogen (secondary N) is 2. The molecule has 0 radical (unpaired) electrons. The summed E-state index contributed by atoms with van der Waals surface area (Å²) in [5.74, 6) is -1.45. The van der Waals surface area contributed by atoms with E-state index in [1.165, 1.54) is 4.90 Å². The fraction of sp³-hybridized carbons (Fsp3) is 0.435. The number of carboxylic acid groups (broad SMARTS) is 1. The number of hydrogen-bond donors (Lipinski definition) is 2. The van der Waals surface area contributed by atoms with E-state index in [-0.39, 0.29) is 36.4 Å². The van der Waals surface area contributed by atoms with Crippen LogP contribution in [0.4, 0.5) is 4.79 Å². The maximum atomic E-state index is 12.9. The summed E-state index contributed by atoms with van der Waals surface area (Å²) < 4.78 is 10.7. The Morgan fingerprint density at radius 2 is 2.06 bits per heavy atom. The molecule has 12 heteroatoms. The average Bonchev–Trinajstić information content (AvgIpc) is 3.39. The van der Waals surface area contributed by atoms with Crippen molar-refractivity contribution in [3.8, 4) is 0 Å². The van der Waals surface area contributed by atoms with Gasteiger partial charge in [0.2, 0.25) is 11.8 Å². The Hall–Kier alpha value is -3.54. The molecule has 0 aliphatic carbocycles. The van der Waals surface area contributed by atoms with E-state index in [0.717, 1.165) is 33.9 Å². The second kappa shape index (κ2) is 9.98. The molecule has 35 heavy (non-hydrogen) atoms. The first-order valence-electron chi connectivity index (χ1n) is 11.1. The van der Waals surface area contributed by atoms with Crippen LogP contribution in [0.5, 0.6) is 0 Å². The number of aliphatic carboxylic acids is 1. The lowest BCUT2D eigenvalue weighted by Crippen LogP contribution is -2.54. The van der Waals surface area contributed by atoms with E-state index in [4.69, 9.17) is 9.15 Å². The van der Waals surface area contributed by atoms with Crippen molar-refractivity contribution in [2.45, 2.75) is 57.0 Å². The van der Waals surface area contributed by atoms with Gasteiger partial charge in [-0.2, -0.15) is 0 Å². The first kappa shape index (κ1) is 24.6. The number of thioether (sulfide) groups is 1. The van der Waals surface area contributed by atoms with E-state index >= 15 is 0 Å². The highest BCUT2D eigenvalue weighted by atomic mass is 32.2. The van der Waals surface area contributed by atoms with Crippen LogP contribution in [0, 0.1) is 0 Å². The number of alkyl carbamates (subject to hydrolysis) is 1. The van der Waals surface area contributed by atoms with Gasteiger partial charge in [0.15, 0.2) is 0 Å². The van der Waals surface area contributed by atoms with Crippen LogP contribution in [0.1, 0.15) is 37.9 Å². The summed E-state index contributed by atoms with van der Waals surface area (Å²) >= 11 is 1.02. The Morgan fingerprint density at radius 1 is 1.29 bits per heavy atom. The highest BCUT2D eigenvalue weighted by Gasteiger charge is 2.33. The molecule has 0 bridgehead atoms. The number of hydrogen-bond acceptors (Lipinski definition) is 9. The lowest BCUT2D eigenvalue weighted by atomic mass is 9.96. The van der Waals surface area contributed by atoms with E-state index in [2.05, 4.69) is 20.5 Å². The predicted molar refractivity (Wildman–Crippen MR) is 124 cm³/mol. The molecule has 3 heterocycles. The fourth-order valence-electron chi connectivity index (χ4n) is 3.87. The molecule has 3 aromatic rings. The Balaban J connectivity index is 1.33. The number of aromatic nitrogens is 3. The molecule has 0 unspecified atom stereocenters. The van der Waals surface area contributed by atoms with E-state index in [0.29, 0.717) is 12.3 Å². The SMILES string of the molecule is CC(C)(C)OC(=O)NCCc1nnc(SCC(=O)N2Cc3[nH]c4ccccc4c3C[C@@H]2C(=O)[O-])o1. The minimum atomic E-state index is -1.29. The standard InChI is InChI=1S/C23H27N5O6S/c1-23(2,3)34-21(32)24-9-8-18-26-27-22(33-18)35-12-19(29)28-11-16-14(10-17(28)20(30)31)13-6-4-5-7-15(13)25-16/h4-7,17,25H,8-12H2,1-3H3,(H,24,32)(H,30,31)/p-1/t17-/m1/s1. The summed E-state index contributed by atoms with van der Waals surface area (Å²) in [5, 5.41) is 23.4. The number of aromatic amines is 1. The quantitative estimate of drug-likeness (QED) is 0.458. The molecule has 1 aliphatic rings. The van der Waals surface area contributed by atoms with E-state index in [1.807, 2.05) is 24.3 Å². The molecule has 4 rings (SSSR count). The van der Waals surface area contributed by atoms with Gasteiger partial charge in [0.05, 0.1) is 24.3 Å². The van der Waals surface area contributed by atoms with Crippen molar-refractivity contribution in [2.24, 2.45) is 0 Å². The number of ether oxygens (including phenoxy) is 1. The van der Waals surface area contributed by atoms with Crippen molar-refractivity contribution in [1.29, 1.82) is 0 Å². The summed E-state index contributed by atoms with van der Waals surface area (Å²) in [7, 11) is 0. The Kier molecular flexibility index (Phi) is 7.01. The summed E-state index contributed by atoms with van der Waals surface area (Å²) in [6.45, 7) is 5.70. The van der Waals surface area contributed by atoms with Gasteiger partial charge < -0.3 is 34.3 Å². The maximum Gasteiger partial charge on any atom is 0.407 e. The van der Waals surface area contributed by atoms with Gasteiger partial charge in [0.25, 0.3) is 5.22 Å². The average molecular weight is 501 g/mol. The first-order chi connectivity index (χ1) is 16.6. The lowest BCUT2D eigenvalue weighted by molar-refractivity contribution is -0.311. The molecule has 2 aromatic heterocycles. The molecule has 11 nitrogen and oxygen atoms in total. The lowest BCUT2D eigenvalue weighted by Gasteiger charge is -2.36. The number of carbonyl (C=O) groups excluding carboxylic acids is 3. The van der Waals surface area contributed by atoms with E-state index in [9.17, 15) is 19.5 Å².